The molecule has 118 valence electrons. The van der Waals surface area contributed by atoms with E-state index in [-0.39, 0.29) is 17.9 Å². The van der Waals surface area contributed by atoms with Crippen molar-refractivity contribution in [3.05, 3.63) is 36.2 Å². The number of carbonyl (C=O) groups excluding carboxylic acids is 1. The summed E-state index contributed by atoms with van der Waals surface area (Å²) in [5.41, 5.74) is 1.06. The molecule has 0 fully saturated rings. The summed E-state index contributed by atoms with van der Waals surface area (Å²) in [5.74, 6) is 1.06. The molecule has 0 aliphatic heterocycles. The Morgan fingerprint density at radius 2 is 2.05 bits per heavy atom. The molecule has 0 spiro atoms. The summed E-state index contributed by atoms with van der Waals surface area (Å²) in [6.45, 7) is 4.62. The number of aryl methyl sites for hydroxylation is 1. The van der Waals surface area contributed by atoms with Crippen molar-refractivity contribution in [2.45, 2.75) is 32.9 Å². The van der Waals surface area contributed by atoms with Crippen LogP contribution in [0.2, 0.25) is 0 Å². The van der Waals surface area contributed by atoms with E-state index in [1.54, 1.807) is 7.11 Å². The molecular weight excluding hydrogens is 282 g/mol. The van der Waals surface area contributed by atoms with Crippen LogP contribution in [0.1, 0.15) is 31.9 Å². The van der Waals surface area contributed by atoms with E-state index in [2.05, 4.69) is 34.7 Å². The molecule has 2 aromatic rings. The van der Waals surface area contributed by atoms with Crippen LogP contribution in [0.3, 0.4) is 0 Å². The van der Waals surface area contributed by atoms with Crippen LogP contribution in [0.25, 0.3) is 0 Å². The fraction of sp³-hybridized carbons (Fsp3) is 0.467. The van der Waals surface area contributed by atoms with Gasteiger partial charge in [0.1, 0.15) is 12.1 Å². The third kappa shape index (κ3) is 4.28. The van der Waals surface area contributed by atoms with E-state index in [9.17, 15) is 4.79 Å². The minimum atomic E-state index is -0.0349. The van der Waals surface area contributed by atoms with E-state index >= 15 is 0 Å². The monoisotopic (exact) mass is 303 g/mol. The highest BCUT2D eigenvalue weighted by molar-refractivity contribution is 5.76. The molecule has 0 saturated heterocycles. The van der Waals surface area contributed by atoms with Crippen LogP contribution in [-0.2, 0) is 11.3 Å². The number of tetrazole rings is 1. The minimum Gasteiger partial charge on any atom is -0.497 e. The zero-order valence-corrected chi connectivity index (χ0v) is 13.1. The standard InChI is InChI=1S/C15H21N5O2/c1-11(2)15(12-4-6-13(22-3)7-5-12)17-14(21)8-9-20-10-16-18-19-20/h4-7,10-11,15H,8-9H2,1-3H3,(H,17,21)/t15-/m1/s1. The van der Waals surface area contributed by atoms with Gasteiger partial charge in [-0.1, -0.05) is 26.0 Å². The van der Waals surface area contributed by atoms with E-state index in [0.717, 1.165) is 11.3 Å². The second-order valence-corrected chi connectivity index (χ2v) is 5.39. The van der Waals surface area contributed by atoms with Gasteiger partial charge in [0.15, 0.2) is 0 Å². The van der Waals surface area contributed by atoms with Crippen LogP contribution in [0.15, 0.2) is 30.6 Å². The number of aromatic nitrogens is 4. The number of nitrogens with zero attached hydrogens (tertiary/aromatic N) is 4. The number of amides is 1. The molecule has 1 atom stereocenters. The Bertz CT molecular complexity index is 580. The minimum absolute atomic E-state index is 0.0231. The molecule has 0 unspecified atom stereocenters. The topological polar surface area (TPSA) is 81.9 Å². The number of hydrogen-bond donors (Lipinski definition) is 1. The number of carbonyl (C=O) groups is 1. The van der Waals surface area contributed by atoms with Crippen molar-refractivity contribution in [3.63, 3.8) is 0 Å². The van der Waals surface area contributed by atoms with Crippen LogP contribution in [-0.4, -0.2) is 33.2 Å². The van der Waals surface area contributed by atoms with Gasteiger partial charge in [-0.3, -0.25) is 4.79 Å². The summed E-state index contributed by atoms with van der Waals surface area (Å²) in [4.78, 5) is 12.1. The lowest BCUT2D eigenvalue weighted by atomic mass is 9.96. The third-order valence-electron chi connectivity index (χ3n) is 3.42. The first-order chi connectivity index (χ1) is 10.6. The van der Waals surface area contributed by atoms with Gasteiger partial charge in [-0.2, -0.15) is 0 Å². The predicted molar refractivity (Wildman–Crippen MR) is 81.1 cm³/mol. The second-order valence-electron chi connectivity index (χ2n) is 5.39. The van der Waals surface area contributed by atoms with Gasteiger partial charge in [-0.05, 0) is 34.0 Å². The van der Waals surface area contributed by atoms with Crippen LogP contribution >= 0.6 is 0 Å². The zero-order chi connectivity index (χ0) is 15.9. The molecule has 1 aromatic carbocycles. The lowest BCUT2D eigenvalue weighted by Gasteiger charge is -2.23. The van der Waals surface area contributed by atoms with Crippen LogP contribution < -0.4 is 10.1 Å². The fourth-order valence-corrected chi connectivity index (χ4v) is 2.19. The highest BCUT2D eigenvalue weighted by Gasteiger charge is 2.18. The Balaban J connectivity index is 1.96. The number of methoxy groups -OCH3 is 1. The number of rotatable bonds is 7. The number of nitrogens with one attached hydrogen (secondary N) is 1. The highest BCUT2D eigenvalue weighted by atomic mass is 16.5. The first kappa shape index (κ1) is 15.9. The number of ether oxygens (including phenoxy) is 1. The summed E-state index contributed by atoms with van der Waals surface area (Å²) in [5, 5.41) is 13.9. The van der Waals surface area contributed by atoms with Crippen molar-refractivity contribution in [1.82, 2.24) is 25.5 Å². The Hall–Kier alpha value is -2.44. The third-order valence-corrected chi connectivity index (χ3v) is 3.42. The molecule has 1 N–H and O–H groups in total. The van der Waals surface area contributed by atoms with Gasteiger partial charge >= 0.3 is 0 Å². The molecule has 7 nitrogen and oxygen atoms in total. The van der Waals surface area contributed by atoms with Gasteiger partial charge < -0.3 is 10.1 Å². The largest absolute Gasteiger partial charge is 0.497 e. The van der Waals surface area contributed by atoms with Gasteiger partial charge in [-0.25, -0.2) is 4.68 Å². The van der Waals surface area contributed by atoms with Crippen molar-refractivity contribution in [1.29, 1.82) is 0 Å². The lowest BCUT2D eigenvalue weighted by molar-refractivity contribution is -0.122. The molecule has 7 heteroatoms. The van der Waals surface area contributed by atoms with E-state index in [1.165, 1.54) is 11.0 Å². The van der Waals surface area contributed by atoms with Crippen LogP contribution in [0.4, 0.5) is 0 Å². The summed E-state index contributed by atoms with van der Waals surface area (Å²) in [7, 11) is 1.63. The van der Waals surface area contributed by atoms with Crippen LogP contribution in [0, 0.1) is 5.92 Å². The van der Waals surface area contributed by atoms with Crippen molar-refractivity contribution in [3.8, 4) is 5.75 Å². The second kappa shape index (κ2) is 7.53. The van der Waals surface area contributed by atoms with Gasteiger partial charge in [0.2, 0.25) is 5.91 Å². The molecular formula is C15H21N5O2. The molecule has 1 aromatic heterocycles. The maximum Gasteiger partial charge on any atom is 0.222 e. The first-order valence-electron chi connectivity index (χ1n) is 7.24. The van der Waals surface area contributed by atoms with Gasteiger partial charge in [-0.15, -0.1) is 5.10 Å². The molecule has 0 radical (unpaired) electrons. The highest BCUT2D eigenvalue weighted by Crippen LogP contribution is 2.24. The van der Waals surface area contributed by atoms with E-state index in [4.69, 9.17) is 4.74 Å². The van der Waals surface area contributed by atoms with Crippen molar-refractivity contribution in [2.75, 3.05) is 7.11 Å². The van der Waals surface area contributed by atoms with Crippen molar-refractivity contribution < 1.29 is 9.53 Å². The van der Waals surface area contributed by atoms with Gasteiger partial charge in [0.25, 0.3) is 0 Å². The SMILES string of the molecule is COc1ccc([C@H](NC(=O)CCn2cnnn2)C(C)C)cc1. The van der Waals surface area contributed by atoms with Crippen LogP contribution in [0.5, 0.6) is 5.75 Å². The van der Waals surface area contributed by atoms with E-state index < -0.39 is 0 Å². The quantitative estimate of drug-likeness (QED) is 0.840. The molecule has 0 aliphatic rings. The lowest BCUT2D eigenvalue weighted by Crippen LogP contribution is -2.32. The Kier molecular flexibility index (Phi) is 5.46. The van der Waals surface area contributed by atoms with Gasteiger partial charge in [0.05, 0.1) is 19.7 Å². The summed E-state index contributed by atoms with van der Waals surface area (Å²) in [6, 6.07) is 7.72. The molecule has 22 heavy (non-hydrogen) atoms. The molecule has 2 rings (SSSR count). The fourth-order valence-electron chi connectivity index (χ4n) is 2.19. The summed E-state index contributed by atoms with van der Waals surface area (Å²) >= 11 is 0. The smallest absolute Gasteiger partial charge is 0.222 e. The van der Waals surface area contributed by atoms with Crippen molar-refractivity contribution in [2.24, 2.45) is 5.92 Å². The molecule has 1 amide bonds. The Morgan fingerprint density at radius 1 is 1.32 bits per heavy atom. The molecule has 0 bridgehead atoms. The Labute approximate surface area is 129 Å². The summed E-state index contributed by atoms with van der Waals surface area (Å²) in [6.07, 6.45) is 1.83. The van der Waals surface area contributed by atoms with E-state index in [1.807, 2.05) is 24.3 Å². The van der Waals surface area contributed by atoms with Crippen molar-refractivity contribution >= 4 is 5.91 Å². The predicted octanol–water partition coefficient (Wildman–Crippen LogP) is 1.59. The average Bonchev–Trinajstić information content (AvgIpc) is 3.04. The molecule has 0 saturated carbocycles. The maximum atomic E-state index is 12.1. The Morgan fingerprint density at radius 3 is 2.59 bits per heavy atom. The first-order valence-corrected chi connectivity index (χ1v) is 7.24. The van der Waals surface area contributed by atoms with E-state index in [0.29, 0.717) is 13.0 Å². The number of hydrogen-bond acceptors (Lipinski definition) is 5. The molecule has 0 aliphatic carbocycles. The maximum absolute atomic E-state index is 12.1. The summed E-state index contributed by atoms with van der Waals surface area (Å²) < 4.78 is 6.70. The molecule has 1 heterocycles. The average molecular weight is 303 g/mol. The normalized spacial score (nSPS) is 12.2. The van der Waals surface area contributed by atoms with Gasteiger partial charge in [0, 0.05) is 6.42 Å². The zero-order valence-electron chi connectivity index (χ0n) is 13.1. The number of benzene rings is 1.